The minimum absolute atomic E-state index is 0.00431. The maximum absolute atomic E-state index is 13.6. The van der Waals surface area contributed by atoms with E-state index in [0.717, 1.165) is 4.90 Å². The molecule has 0 radical (unpaired) electrons. The van der Waals surface area contributed by atoms with E-state index >= 15 is 0 Å². The summed E-state index contributed by atoms with van der Waals surface area (Å²) in [5.74, 6) is -2.11. The number of nitrogens with zero attached hydrogens (tertiary/aromatic N) is 1. The van der Waals surface area contributed by atoms with Crippen LogP contribution in [0.2, 0.25) is 10.0 Å². The number of Topliss-reactive ketones (excluding diaryl/α,β-unsaturated/α-hetero) is 1. The number of para-hydroxylation sites is 1. The number of carbonyl (C=O) groups excluding carboxylic acids is 4. The van der Waals surface area contributed by atoms with Gasteiger partial charge in [-0.25, -0.2) is 9.69 Å². The second-order valence-corrected chi connectivity index (χ2v) is 9.38. The number of ether oxygens (including phenoxy) is 2. The summed E-state index contributed by atoms with van der Waals surface area (Å²) in [4.78, 5) is 54.4. The van der Waals surface area contributed by atoms with Crippen molar-refractivity contribution in [3.8, 4) is 5.75 Å². The topological polar surface area (TPSA) is 90.0 Å². The smallest absolute Gasteiger partial charge is 0.341 e. The highest BCUT2D eigenvalue weighted by Crippen LogP contribution is 2.36. The van der Waals surface area contributed by atoms with Crippen LogP contribution >= 0.6 is 23.2 Å². The molecule has 0 N–H and O–H groups in total. The Kier molecular flexibility index (Phi) is 7.19. The number of anilines is 1. The fourth-order valence-corrected chi connectivity index (χ4v) is 4.60. The van der Waals surface area contributed by atoms with Crippen LogP contribution in [0.5, 0.6) is 5.75 Å². The van der Waals surface area contributed by atoms with E-state index in [9.17, 15) is 19.2 Å². The first-order valence-corrected chi connectivity index (χ1v) is 12.5. The summed E-state index contributed by atoms with van der Waals surface area (Å²) in [6, 6.07) is 23.6. The van der Waals surface area contributed by atoms with Crippen LogP contribution in [0.25, 0.3) is 0 Å². The number of ketones is 1. The predicted molar refractivity (Wildman–Crippen MR) is 146 cm³/mol. The highest BCUT2D eigenvalue weighted by Gasteiger charge is 2.39. The standard InChI is InChI=1S/C30H19Cl2NO6/c1-38-19-13-11-17(12-14-19)26(34)27(18-7-3-2-4-8-18)39-30(37)20-9-5-6-10-25(20)33-28(35)21-15-23(31)24(32)16-22(21)29(33)36/h2-16,27H,1H3/t27-/m0/s1. The van der Waals surface area contributed by atoms with Gasteiger partial charge in [0.05, 0.1) is 39.5 Å². The number of hydrogen-bond acceptors (Lipinski definition) is 6. The Bertz CT molecular complexity index is 1580. The number of hydrogen-bond donors (Lipinski definition) is 0. The maximum Gasteiger partial charge on any atom is 0.341 e. The molecule has 194 valence electrons. The first kappa shape index (κ1) is 26.2. The van der Waals surface area contributed by atoms with Gasteiger partial charge in [0.15, 0.2) is 6.10 Å². The Morgan fingerprint density at radius 3 is 1.92 bits per heavy atom. The molecule has 0 unspecified atom stereocenters. The summed E-state index contributed by atoms with van der Waals surface area (Å²) in [7, 11) is 1.51. The third-order valence-corrected chi connectivity index (χ3v) is 6.95. The summed E-state index contributed by atoms with van der Waals surface area (Å²) in [5.41, 5.74) is 0.815. The molecule has 1 aliphatic rings. The second-order valence-electron chi connectivity index (χ2n) is 8.56. The molecule has 4 aromatic carbocycles. The molecule has 0 spiro atoms. The van der Waals surface area contributed by atoms with Gasteiger partial charge >= 0.3 is 5.97 Å². The molecular formula is C30H19Cl2NO6. The van der Waals surface area contributed by atoms with Gasteiger partial charge in [0.2, 0.25) is 5.78 Å². The van der Waals surface area contributed by atoms with Crippen LogP contribution in [-0.2, 0) is 4.74 Å². The number of fused-ring (bicyclic) bond motifs is 1. The predicted octanol–water partition coefficient (Wildman–Crippen LogP) is 6.58. The molecule has 1 heterocycles. The monoisotopic (exact) mass is 559 g/mol. The molecule has 0 aliphatic carbocycles. The van der Waals surface area contributed by atoms with E-state index in [1.807, 2.05) is 0 Å². The highest BCUT2D eigenvalue weighted by atomic mass is 35.5. The van der Waals surface area contributed by atoms with Gasteiger partial charge in [-0.1, -0.05) is 65.7 Å². The Hall–Kier alpha value is -4.46. The van der Waals surface area contributed by atoms with Gasteiger partial charge < -0.3 is 9.47 Å². The summed E-state index contributed by atoms with van der Waals surface area (Å²) in [6.07, 6.45) is -1.29. The van der Waals surface area contributed by atoms with Crippen molar-refractivity contribution in [3.05, 3.63) is 129 Å². The molecule has 1 aliphatic heterocycles. The fourth-order valence-electron chi connectivity index (χ4n) is 4.27. The zero-order valence-corrected chi connectivity index (χ0v) is 21.9. The number of amides is 2. The van der Waals surface area contributed by atoms with Crippen LogP contribution in [0.15, 0.2) is 91.0 Å². The number of imide groups is 1. The van der Waals surface area contributed by atoms with E-state index in [1.54, 1.807) is 66.7 Å². The molecule has 0 saturated heterocycles. The first-order chi connectivity index (χ1) is 18.8. The van der Waals surface area contributed by atoms with Crippen molar-refractivity contribution in [1.82, 2.24) is 0 Å². The van der Waals surface area contributed by atoms with E-state index in [2.05, 4.69) is 0 Å². The lowest BCUT2D eigenvalue weighted by atomic mass is 9.99. The molecular weight excluding hydrogens is 541 g/mol. The largest absolute Gasteiger partial charge is 0.497 e. The van der Waals surface area contributed by atoms with Crippen LogP contribution in [-0.4, -0.2) is 30.7 Å². The summed E-state index contributed by atoms with van der Waals surface area (Å²) >= 11 is 12.1. The van der Waals surface area contributed by atoms with Crippen LogP contribution in [0.3, 0.4) is 0 Å². The van der Waals surface area contributed by atoms with Crippen molar-refractivity contribution >= 4 is 52.5 Å². The number of esters is 1. The lowest BCUT2D eigenvalue weighted by Crippen LogP contribution is -2.31. The van der Waals surface area contributed by atoms with Crippen molar-refractivity contribution in [3.63, 3.8) is 0 Å². The van der Waals surface area contributed by atoms with E-state index in [0.29, 0.717) is 16.9 Å². The van der Waals surface area contributed by atoms with Crippen molar-refractivity contribution in [1.29, 1.82) is 0 Å². The SMILES string of the molecule is COc1ccc(C(=O)[C@@H](OC(=O)c2ccccc2N2C(=O)c3cc(Cl)c(Cl)cc3C2=O)c2ccccc2)cc1. The second kappa shape index (κ2) is 10.7. The number of rotatable bonds is 7. The molecule has 7 nitrogen and oxygen atoms in total. The molecule has 0 saturated carbocycles. The van der Waals surface area contributed by atoms with Gasteiger partial charge in [-0.15, -0.1) is 0 Å². The maximum atomic E-state index is 13.6. The molecule has 9 heteroatoms. The van der Waals surface area contributed by atoms with E-state index in [1.165, 1.54) is 31.4 Å². The average molecular weight is 560 g/mol. The zero-order chi connectivity index (χ0) is 27.7. The number of benzene rings is 4. The van der Waals surface area contributed by atoms with Gasteiger partial charge in [-0.2, -0.15) is 0 Å². The number of halogens is 2. The van der Waals surface area contributed by atoms with Crippen molar-refractivity contribution in [2.24, 2.45) is 0 Å². The molecule has 0 aromatic heterocycles. The average Bonchev–Trinajstić information content (AvgIpc) is 3.20. The molecule has 1 atom stereocenters. The minimum atomic E-state index is -1.29. The molecule has 0 fully saturated rings. The van der Waals surface area contributed by atoms with Crippen LogP contribution in [0.1, 0.15) is 53.1 Å². The Labute approximate surface area is 233 Å². The Morgan fingerprint density at radius 2 is 1.33 bits per heavy atom. The quantitative estimate of drug-likeness (QED) is 0.144. The zero-order valence-electron chi connectivity index (χ0n) is 20.4. The number of methoxy groups -OCH3 is 1. The Balaban J connectivity index is 1.50. The van der Waals surface area contributed by atoms with E-state index in [-0.39, 0.29) is 32.4 Å². The van der Waals surface area contributed by atoms with Gasteiger partial charge in [-0.3, -0.25) is 14.4 Å². The minimum Gasteiger partial charge on any atom is -0.497 e. The van der Waals surface area contributed by atoms with E-state index < -0.39 is 29.7 Å². The van der Waals surface area contributed by atoms with Crippen molar-refractivity contribution in [2.75, 3.05) is 12.0 Å². The Morgan fingerprint density at radius 1 is 0.769 bits per heavy atom. The van der Waals surface area contributed by atoms with Gasteiger partial charge in [0.25, 0.3) is 11.8 Å². The highest BCUT2D eigenvalue weighted by molar-refractivity contribution is 6.44. The molecule has 5 rings (SSSR count). The van der Waals surface area contributed by atoms with Crippen molar-refractivity contribution < 1.29 is 28.7 Å². The summed E-state index contributed by atoms with van der Waals surface area (Å²) in [5, 5.41) is 0.239. The van der Waals surface area contributed by atoms with Crippen LogP contribution in [0.4, 0.5) is 5.69 Å². The fraction of sp³-hybridized carbons (Fsp3) is 0.0667. The normalized spacial score (nSPS) is 13.2. The lowest BCUT2D eigenvalue weighted by molar-refractivity contribution is 0.0280. The molecule has 4 aromatic rings. The van der Waals surface area contributed by atoms with Gasteiger partial charge in [0.1, 0.15) is 5.75 Å². The third-order valence-electron chi connectivity index (χ3n) is 6.23. The number of carbonyl (C=O) groups is 4. The van der Waals surface area contributed by atoms with Crippen molar-refractivity contribution in [2.45, 2.75) is 6.10 Å². The lowest BCUT2D eigenvalue weighted by Gasteiger charge is -2.21. The van der Waals surface area contributed by atoms with Crippen LogP contribution < -0.4 is 9.64 Å². The molecule has 0 bridgehead atoms. The molecule has 39 heavy (non-hydrogen) atoms. The first-order valence-electron chi connectivity index (χ1n) is 11.7. The van der Waals surface area contributed by atoms with Gasteiger partial charge in [-0.05, 0) is 48.5 Å². The van der Waals surface area contributed by atoms with Gasteiger partial charge in [0, 0.05) is 11.1 Å². The third kappa shape index (κ3) is 4.90. The summed E-state index contributed by atoms with van der Waals surface area (Å²) < 4.78 is 10.9. The van der Waals surface area contributed by atoms with E-state index in [4.69, 9.17) is 32.7 Å². The van der Waals surface area contributed by atoms with Crippen LogP contribution in [0, 0.1) is 0 Å². The molecule has 2 amide bonds. The summed E-state index contributed by atoms with van der Waals surface area (Å²) in [6.45, 7) is 0.